The normalized spacial score (nSPS) is 24.3. The van der Waals surface area contributed by atoms with Gasteiger partial charge in [0.1, 0.15) is 0 Å². The smallest absolute Gasteiger partial charge is 0.311 e. The summed E-state index contributed by atoms with van der Waals surface area (Å²) < 4.78 is 5.04. The number of carbonyl (C=O) groups excluding carboxylic acids is 2. The van der Waals surface area contributed by atoms with E-state index in [1.165, 1.54) is 24.9 Å². The van der Waals surface area contributed by atoms with Crippen LogP contribution in [0.1, 0.15) is 39.5 Å². The molecule has 1 aromatic rings. The van der Waals surface area contributed by atoms with Gasteiger partial charge >= 0.3 is 5.97 Å². The fraction of sp³-hybridized carbons (Fsp3) is 0.579. The molecular weight excluding hydrogens is 304 g/mol. The molecule has 0 spiro atoms. The summed E-state index contributed by atoms with van der Waals surface area (Å²) in [7, 11) is 0. The molecule has 2 heterocycles. The number of amides is 1. The Morgan fingerprint density at radius 2 is 1.92 bits per heavy atom. The number of esters is 1. The summed E-state index contributed by atoms with van der Waals surface area (Å²) in [5.74, 6) is -0.626. The summed E-state index contributed by atoms with van der Waals surface area (Å²) in [5.41, 5.74) is 2.07. The Morgan fingerprint density at radius 1 is 1.21 bits per heavy atom. The van der Waals surface area contributed by atoms with E-state index in [9.17, 15) is 9.59 Å². The van der Waals surface area contributed by atoms with Crippen LogP contribution in [-0.2, 0) is 14.3 Å². The molecule has 2 fully saturated rings. The number of nitrogens with zero attached hydrogens (tertiary/aromatic N) is 2. The van der Waals surface area contributed by atoms with Gasteiger partial charge in [-0.25, -0.2) is 0 Å². The van der Waals surface area contributed by atoms with Crippen LogP contribution in [0.25, 0.3) is 0 Å². The lowest BCUT2D eigenvalue weighted by Gasteiger charge is -2.35. The minimum atomic E-state index is -0.348. The Kier molecular flexibility index (Phi) is 5.07. The summed E-state index contributed by atoms with van der Waals surface area (Å²) in [4.78, 5) is 28.2. The SMILES string of the molecule is CCOC(=O)C1CC(=O)N(c2ccc(N3CCCCC3C)cc2)C1. The third kappa shape index (κ3) is 3.40. The van der Waals surface area contributed by atoms with Gasteiger partial charge < -0.3 is 14.5 Å². The van der Waals surface area contributed by atoms with Crippen LogP contribution < -0.4 is 9.80 Å². The van der Waals surface area contributed by atoms with Crippen molar-refractivity contribution in [3.63, 3.8) is 0 Å². The molecule has 0 aromatic heterocycles. The molecule has 5 nitrogen and oxygen atoms in total. The Morgan fingerprint density at radius 3 is 2.58 bits per heavy atom. The van der Waals surface area contributed by atoms with Gasteiger partial charge in [0.25, 0.3) is 0 Å². The summed E-state index contributed by atoms with van der Waals surface area (Å²) in [6.45, 7) is 5.91. The molecule has 0 radical (unpaired) electrons. The lowest BCUT2D eigenvalue weighted by atomic mass is 10.0. The van der Waals surface area contributed by atoms with E-state index in [1.54, 1.807) is 11.8 Å². The molecule has 24 heavy (non-hydrogen) atoms. The fourth-order valence-electron chi connectivity index (χ4n) is 3.68. The zero-order chi connectivity index (χ0) is 17.1. The first-order chi connectivity index (χ1) is 11.6. The van der Waals surface area contributed by atoms with Gasteiger partial charge in [-0.2, -0.15) is 0 Å². The van der Waals surface area contributed by atoms with Gasteiger partial charge in [-0.05, 0) is 57.4 Å². The maximum absolute atomic E-state index is 12.2. The van der Waals surface area contributed by atoms with Gasteiger partial charge in [-0.3, -0.25) is 9.59 Å². The molecule has 2 aliphatic rings. The van der Waals surface area contributed by atoms with Crippen molar-refractivity contribution in [3.05, 3.63) is 24.3 Å². The number of hydrogen-bond donors (Lipinski definition) is 0. The molecule has 0 bridgehead atoms. The van der Waals surface area contributed by atoms with Crippen LogP contribution in [0.3, 0.4) is 0 Å². The Labute approximate surface area is 143 Å². The van der Waals surface area contributed by atoms with Crippen molar-refractivity contribution < 1.29 is 14.3 Å². The molecule has 1 aromatic carbocycles. The third-order valence-corrected chi connectivity index (χ3v) is 5.04. The van der Waals surface area contributed by atoms with Crippen molar-refractivity contribution in [3.8, 4) is 0 Å². The molecular formula is C19H26N2O3. The molecule has 0 aliphatic carbocycles. The number of carbonyl (C=O) groups is 2. The number of benzene rings is 1. The molecule has 0 N–H and O–H groups in total. The van der Waals surface area contributed by atoms with E-state index in [-0.39, 0.29) is 24.2 Å². The highest BCUT2D eigenvalue weighted by atomic mass is 16.5. The maximum Gasteiger partial charge on any atom is 0.311 e. The van der Waals surface area contributed by atoms with Crippen molar-refractivity contribution in [2.45, 2.75) is 45.6 Å². The standard InChI is InChI=1S/C19H26N2O3/c1-3-24-19(23)15-12-18(22)21(13-15)17-9-7-16(8-10-17)20-11-5-4-6-14(20)2/h7-10,14-15H,3-6,11-13H2,1-2H3. The second kappa shape index (κ2) is 7.24. The predicted molar refractivity (Wildman–Crippen MR) is 94.2 cm³/mol. The van der Waals surface area contributed by atoms with Crippen molar-refractivity contribution >= 4 is 23.3 Å². The van der Waals surface area contributed by atoms with Crippen LogP contribution in [0, 0.1) is 5.92 Å². The van der Waals surface area contributed by atoms with Gasteiger partial charge in [-0.15, -0.1) is 0 Å². The van der Waals surface area contributed by atoms with Gasteiger partial charge in [0.15, 0.2) is 0 Å². The number of rotatable bonds is 4. The largest absolute Gasteiger partial charge is 0.466 e. The molecule has 1 amide bonds. The summed E-state index contributed by atoms with van der Waals surface area (Å²) in [5, 5.41) is 0. The Bertz CT molecular complexity index is 599. The average molecular weight is 330 g/mol. The summed E-state index contributed by atoms with van der Waals surface area (Å²) in [6.07, 6.45) is 4.00. The van der Waals surface area contributed by atoms with E-state index in [0.717, 1.165) is 12.2 Å². The quantitative estimate of drug-likeness (QED) is 0.797. The second-order valence-corrected chi connectivity index (χ2v) is 6.71. The van der Waals surface area contributed by atoms with Crippen molar-refractivity contribution in [2.24, 2.45) is 5.92 Å². The molecule has 2 saturated heterocycles. The van der Waals surface area contributed by atoms with E-state index >= 15 is 0 Å². The van der Waals surface area contributed by atoms with Crippen LogP contribution in [0.4, 0.5) is 11.4 Å². The van der Waals surface area contributed by atoms with Crippen molar-refractivity contribution in [1.29, 1.82) is 0 Å². The van der Waals surface area contributed by atoms with E-state index in [0.29, 0.717) is 19.2 Å². The zero-order valence-electron chi connectivity index (χ0n) is 14.5. The van der Waals surface area contributed by atoms with Gasteiger partial charge in [0.2, 0.25) is 5.91 Å². The molecule has 130 valence electrons. The topological polar surface area (TPSA) is 49.9 Å². The van der Waals surface area contributed by atoms with Crippen LogP contribution in [0.5, 0.6) is 0 Å². The lowest BCUT2D eigenvalue weighted by Crippen LogP contribution is -2.37. The van der Waals surface area contributed by atoms with Crippen LogP contribution in [0.2, 0.25) is 0 Å². The average Bonchev–Trinajstić information content (AvgIpc) is 2.98. The maximum atomic E-state index is 12.2. The third-order valence-electron chi connectivity index (χ3n) is 5.04. The molecule has 3 rings (SSSR count). The second-order valence-electron chi connectivity index (χ2n) is 6.71. The highest BCUT2D eigenvalue weighted by Crippen LogP contribution is 2.30. The first-order valence-electron chi connectivity index (χ1n) is 8.94. The highest BCUT2D eigenvalue weighted by Gasteiger charge is 2.36. The number of ether oxygens (including phenoxy) is 1. The van der Waals surface area contributed by atoms with E-state index < -0.39 is 0 Å². The molecule has 5 heteroatoms. The number of anilines is 2. The summed E-state index contributed by atoms with van der Waals surface area (Å²) in [6, 6.07) is 8.71. The minimum absolute atomic E-state index is 0.00727. The predicted octanol–water partition coefficient (Wildman–Crippen LogP) is 2.98. The fourth-order valence-corrected chi connectivity index (χ4v) is 3.68. The van der Waals surface area contributed by atoms with Crippen LogP contribution in [-0.4, -0.2) is 37.6 Å². The molecule has 2 aliphatic heterocycles. The van der Waals surface area contributed by atoms with E-state index in [1.807, 2.05) is 12.1 Å². The number of piperidine rings is 1. The Hall–Kier alpha value is -2.04. The summed E-state index contributed by atoms with van der Waals surface area (Å²) >= 11 is 0. The zero-order valence-corrected chi connectivity index (χ0v) is 14.5. The molecule has 0 saturated carbocycles. The van der Waals surface area contributed by atoms with Crippen molar-refractivity contribution in [1.82, 2.24) is 0 Å². The first kappa shape index (κ1) is 16.8. The van der Waals surface area contributed by atoms with Gasteiger partial charge in [-0.1, -0.05) is 0 Å². The monoisotopic (exact) mass is 330 g/mol. The van der Waals surface area contributed by atoms with Crippen LogP contribution in [0.15, 0.2) is 24.3 Å². The van der Waals surface area contributed by atoms with Gasteiger partial charge in [0, 0.05) is 36.9 Å². The van der Waals surface area contributed by atoms with Crippen LogP contribution >= 0.6 is 0 Å². The van der Waals surface area contributed by atoms with Gasteiger partial charge in [0.05, 0.1) is 12.5 Å². The van der Waals surface area contributed by atoms with E-state index in [4.69, 9.17) is 4.74 Å². The highest BCUT2D eigenvalue weighted by molar-refractivity contribution is 5.99. The molecule has 2 unspecified atom stereocenters. The number of hydrogen-bond acceptors (Lipinski definition) is 4. The Balaban J connectivity index is 1.69. The first-order valence-corrected chi connectivity index (χ1v) is 8.94. The minimum Gasteiger partial charge on any atom is -0.466 e. The molecule has 2 atom stereocenters. The van der Waals surface area contributed by atoms with E-state index in [2.05, 4.69) is 24.0 Å². The lowest BCUT2D eigenvalue weighted by molar-refractivity contribution is -0.147. The van der Waals surface area contributed by atoms with Crippen molar-refractivity contribution in [2.75, 3.05) is 29.5 Å².